The van der Waals surface area contributed by atoms with Crippen molar-refractivity contribution < 1.29 is 4.99 Å². The molecule has 1 aromatic heterocycles. The van der Waals surface area contributed by atoms with Crippen molar-refractivity contribution in [1.82, 2.24) is 9.97 Å². The Labute approximate surface area is 151 Å². The van der Waals surface area contributed by atoms with Gasteiger partial charge in [-0.2, -0.15) is 0 Å². The SMILES string of the molecule is Cc1ccc2nc(NC(N)=[NH+]C(=S)Nc3ccccc3)nc(C)c2c1. The molecule has 0 saturated carbocycles. The Morgan fingerprint density at radius 2 is 1.80 bits per heavy atom. The molecular weight excluding hydrogens is 332 g/mol. The molecule has 0 saturated heterocycles. The Hall–Kier alpha value is -3.06. The normalized spacial score (nSPS) is 11.4. The molecule has 0 spiro atoms. The van der Waals surface area contributed by atoms with Crippen molar-refractivity contribution >= 4 is 45.8 Å². The fourth-order valence-electron chi connectivity index (χ4n) is 2.41. The lowest BCUT2D eigenvalue weighted by atomic mass is 10.1. The summed E-state index contributed by atoms with van der Waals surface area (Å²) in [7, 11) is 0. The molecule has 126 valence electrons. The Kier molecular flexibility index (Phi) is 4.85. The topological polar surface area (TPSA) is 89.8 Å². The number of nitrogens with one attached hydrogen (secondary N) is 3. The van der Waals surface area contributed by atoms with Crippen LogP contribution in [-0.4, -0.2) is 21.0 Å². The number of aryl methyl sites for hydroxylation is 2. The van der Waals surface area contributed by atoms with Gasteiger partial charge in [0, 0.05) is 5.39 Å². The van der Waals surface area contributed by atoms with Gasteiger partial charge in [-0.1, -0.05) is 29.8 Å². The van der Waals surface area contributed by atoms with Gasteiger partial charge in [-0.05, 0) is 50.3 Å². The highest BCUT2D eigenvalue weighted by molar-refractivity contribution is 7.80. The predicted molar refractivity (Wildman–Crippen MR) is 105 cm³/mol. The molecule has 1 heterocycles. The molecule has 5 N–H and O–H groups in total. The smallest absolute Gasteiger partial charge is 0.310 e. The Morgan fingerprint density at radius 1 is 1.04 bits per heavy atom. The number of benzene rings is 2. The second-order valence-electron chi connectivity index (χ2n) is 5.64. The number of aromatic nitrogens is 2. The second kappa shape index (κ2) is 7.23. The summed E-state index contributed by atoms with van der Waals surface area (Å²) in [5.74, 6) is 0.667. The first kappa shape index (κ1) is 16.8. The lowest BCUT2D eigenvalue weighted by Gasteiger charge is -2.06. The van der Waals surface area contributed by atoms with Crippen LogP contribution in [-0.2, 0) is 0 Å². The summed E-state index contributed by atoms with van der Waals surface area (Å²) < 4.78 is 0. The molecule has 0 bridgehead atoms. The van der Waals surface area contributed by atoms with Crippen LogP contribution in [0.1, 0.15) is 11.3 Å². The molecule has 0 amide bonds. The lowest BCUT2D eigenvalue weighted by molar-refractivity contribution is -0.311. The summed E-state index contributed by atoms with van der Waals surface area (Å²) in [6.07, 6.45) is 0. The van der Waals surface area contributed by atoms with E-state index in [1.54, 1.807) is 0 Å². The van der Waals surface area contributed by atoms with Crippen molar-refractivity contribution in [3.8, 4) is 0 Å². The first-order valence-corrected chi connectivity index (χ1v) is 8.19. The first-order chi connectivity index (χ1) is 12.0. The van der Waals surface area contributed by atoms with Crippen LogP contribution < -0.4 is 21.4 Å². The van der Waals surface area contributed by atoms with Gasteiger partial charge in [-0.15, -0.1) is 0 Å². The molecule has 0 aliphatic carbocycles. The zero-order valence-corrected chi connectivity index (χ0v) is 14.8. The van der Waals surface area contributed by atoms with Gasteiger partial charge < -0.3 is 5.73 Å². The molecule has 0 atom stereocenters. The monoisotopic (exact) mass is 351 g/mol. The number of nitrogens with zero attached hydrogens (tertiary/aromatic N) is 2. The molecule has 0 fully saturated rings. The summed E-state index contributed by atoms with van der Waals surface area (Å²) in [6.45, 7) is 3.99. The van der Waals surface area contributed by atoms with Crippen LogP contribution in [0.3, 0.4) is 0 Å². The van der Waals surface area contributed by atoms with Crippen LogP contribution >= 0.6 is 12.2 Å². The maximum Gasteiger partial charge on any atom is 0.312 e. The van der Waals surface area contributed by atoms with E-state index in [1.807, 2.05) is 56.3 Å². The summed E-state index contributed by atoms with van der Waals surface area (Å²) in [5, 5.41) is 7.39. The molecule has 7 heteroatoms. The third kappa shape index (κ3) is 4.27. The number of rotatable bonds is 2. The fourth-order valence-corrected chi connectivity index (χ4v) is 2.64. The molecular formula is C18H19N6S+. The van der Waals surface area contributed by atoms with Crippen molar-refractivity contribution in [3.63, 3.8) is 0 Å². The Balaban J connectivity index is 1.76. The zero-order valence-electron chi connectivity index (χ0n) is 14.0. The van der Waals surface area contributed by atoms with Gasteiger partial charge in [0.25, 0.3) is 11.1 Å². The first-order valence-electron chi connectivity index (χ1n) is 7.79. The summed E-state index contributed by atoms with van der Waals surface area (Å²) >= 11 is 5.24. The van der Waals surface area contributed by atoms with Crippen molar-refractivity contribution in [2.45, 2.75) is 13.8 Å². The third-order valence-electron chi connectivity index (χ3n) is 3.57. The number of thiocarbonyl (C=S) groups is 1. The highest BCUT2D eigenvalue weighted by atomic mass is 32.1. The van der Waals surface area contributed by atoms with Crippen LogP contribution in [0, 0.1) is 13.8 Å². The van der Waals surface area contributed by atoms with E-state index in [0.29, 0.717) is 11.1 Å². The maximum absolute atomic E-state index is 5.97. The summed E-state index contributed by atoms with van der Waals surface area (Å²) in [4.78, 5) is 11.8. The average molecular weight is 351 g/mol. The summed E-state index contributed by atoms with van der Waals surface area (Å²) in [6, 6.07) is 15.7. The number of hydrogen-bond acceptors (Lipinski definition) is 3. The Bertz CT molecular complexity index is 952. The third-order valence-corrected chi connectivity index (χ3v) is 3.77. The van der Waals surface area contributed by atoms with Crippen molar-refractivity contribution in [1.29, 1.82) is 0 Å². The minimum Gasteiger partial charge on any atom is -0.310 e. The number of fused-ring (bicyclic) bond motifs is 1. The van der Waals surface area contributed by atoms with Gasteiger partial charge in [-0.3, -0.25) is 5.32 Å². The molecule has 2 aromatic carbocycles. The molecule has 3 rings (SSSR count). The molecule has 25 heavy (non-hydrogen) atoms. The van der Waals surface area contributed by atoms with E-state index in [1.165, 1.54) is 5.56 Å². The maximum atomic E-state index is 5.97. The van der Waals surface area contributed by atoms with Gasteiger partial charge in [-0.25, -0.2) is 20.3 Å². The van der Waals surface area contributed by atoms with Gasteiger partial charge >= 0.3 is 5.96 Å². The summed E-state index contributed by atoms with van der Waals surface area (Å²) in [5.41, 5.74) is 9.76. The van der Waals surface area contributed by atoms with Crippen LogP contribution in [0.2, 0.25) is 0 Å². The van der Waals surface area contributed by atoms with Crippen LogP contribution in [0.5, 0.6) is 0 Å². The number of guanidine groups is 1. The lowest BCUT2D eigenvalue weighted by Crippen LogP contribution is -2.82. The van der Waals surface area contributed by atoms with E-state index in [4.69, 9.17) is 18.0 Å². The van der Waals surface area contributed by atoms with Crippen LogP contribution in [0.25, 0.3) is 10.9 Å². The van der Waals surface area contributed by atoms with Crippen molar-refractivity contribution in [3.05, 3.63) is 59.8 Å². The quantitative estimate of drug-likeness (QED) is 0.317. The fraction of sp³-hybridized carbons (Fsp3) is 0.111. The molecule has 0 aliphatic heterocycles. The largest absolute Gasteiger partial charge is 0.312 e. The van der Waals surface area contributed by atoms with Gasteiger partial charge in [0.2, 0.25) is 0 Å². The number of anilines is 2. The van der Waals surface area contributed by atoms with E-state index in [-0.39, 0.29) is 5.96 Å². The van der Waals surface area contributed by atoms with Gasteiger partial charge in [0.15, 0.2) is 0 Å². The van der Waals surface area contributed by atoms with E-state index < -0.39 is 0 Å². The molecule has 0 aliphatic rings. The Morgan fingerprint density at radius 3 is 2.56 bits per heavy atom. The van der Waals surface area contributed by atoms with Crippen LogP contribution in [0.4, 0.5) is 11.6 Å². The molecule has 3 aromatic rings. The van der Waals surface area contributed by atoms with Crippen molar-refractivity contribution in [2.24, 2.45) is 5.73 Å². The average Bonchev–Trinajstić information content (AvgIpc) is 2.56. The van der Waals surface area contributed by atoms with E-state index in [2.05, 4.69) is 31.7 Å². The minimum atomic E-state index is 0.249. The van der Waals surface area contributed by atoms with E-state index in [0.717, 1.165) is 22.3 Å². The number of para-hydroxylation sites is 1. The zero-order chi connectivity index (χ0) is 17.8. The highest BCUT2D eigenvalue weighted by Crippen LogP contribution is 2.18. The molecule has 6 nitrogen and oxygen atoms in total. The molecule has 0 unspecified atom stereocenters. The van der Waals surface area contributed by atoms with Gasteiger partial charge in [0.1, 0.15) is 0 Å². The molecule has 0 radical (unpaired) electrons. The standard InChI is InChI=1S/C18H18N6S/c1-11-8-9-15-14(10-11)12(2)20-17(22-15)23-16(19)24-18(25)21-13-6-4-3-5-7-13/h3-10H,1-2H3,(H4,19,20,21,22,23,24,25)/p+1. The number of hydrogen-bond donors (Lipinski definition) is 4. The highest BCUT2D eigenvalue weighted by Gasteiger charge is 2.09. The van der Waals surface area contributed by atoms with E-state index in [9.17, 15) is 0 Å². The van der Waals surface area contributed by atoms with E-state index >= 15 is 0 Å². The predicted octanol–water partition coefficient (Wildman–Crippen LogP) is 1.45. The van der Waals surface area contributed by atoms with Gasteiger partial charge in [0.05, 0.1) is 16.9 Å². The number of nitrogens with two attached hydrogens (primary N) is 1. The minimum absolute atomic E-state index is 0.249. The van der Waals surface area contributed by atoms with Crippen molar-refractivity contribution in [2.75, 3.05) is 10.6 Å². The second-order valence-corrected chi connectivity index (χ2v) is 6.05. The van der Waals surface area contributed by atoms with Crippen LogP contribution in [0.15, 0.2) is 48.5 Å².